The Bertz CT molecular complexity index is 383. The first-order valence-electron chi connectivity index (χ1n) is 6.70. The molecule has 1 fully saturated rings. The molecular formula is C13H23N3O2. The Kier molecular flexibility index (Phi) is 4.02. The Balaban J connectivity index is 2.24. The van der Waals surface area contributed by atoms with Crippen molar-refractivity contribution in [2.75, 3.05) is 20.2 Å². The Morgan fingerprint density at radius 2 is 2.28 bits per heavy atom. The number of aromatic nitrogens is 2. The van der Waals surface area contributed by atoms with Gasteiger partial charge < -0.3 is 14.6 Å². The maximum Gasteiger partial charge on any atom is 0.234 e. The second-order valence-electron chi connectivity index (χ2n) is 5.42. The third-order valence-corrected chi connectivity index (χ3v) is 3.93. The number of ether oxygens (including phenoxy) is 1. The first kappa shape index (κ1) is 13.5. The van der Waals surface area contributed by atoms with Crippen LogP contribution in [0.5, 0.6) is 0 Å². The molecule has 1 aromatic heterocycles. The van der Waals surface area contributed by atoms with Gasteiger partial charge in [0.2, 0.25) is 11.7 Å². The average molecular weight is 253 g/mol. The highest BCUT2D eigenvalue weighted by molar-refractivity contribution is 5.10. The van der Waals surface area contributed by atoms with Crippen molar-refractivity contribution in [1.82, 2.24) is 15.5 Å². The number of nitrogens with one attached hydrogen (secondary N) is 1. The van der Waals surface area contributed by atoms with Gasteiger partial charge in [0.15, 0.2) is 0 Å². The van der Waals surface area contributed by atoms with Gasteiger partial charge in [0.25, 0.3) is 0 Å². The maximum absolute atomic E-state index is 5.49. The van der Waals surface area contributed by atoms with Crippen LogP contribution in [0.25, 0.3) is 0 Å². The van der Waals surface area contributed by atoms with Crippen LogP contribution in [0.15, 0.2) is 4.52 Å². The summed E-state index contributed by atoms with van der Waals surface area (Å²) in [6.07, 6.45) is 1.98. The standard InChI is InChI=1S/C13H23N3O2/c1-5-13(6-7-14-8-13)12-15-11(16-18-12)10(17-4)9(2)3/h9-10,14H,5-8H2,1-4H3. The molecule has 2 unspecified atom stereocenters. The summed E-state index contributed by atoms with van der Waals surface area (Å²) in [5, 5.41) is 7.49. The van der Waals surface area contributed by atoms with Crippen LogP contribution in [-0.4, -0.2) is 30.3 Å². The van der Waals surface area contributed by atoms with Gasteiger partial charge in [-0.1, -0.05) is 25.9 Å². The Hall–Kier alpha value is -0.940. The molecule has 1 N–H and O–H groups in total. The lowest BCUT2D eigenvalue weighted by atomic mass is 9.84. The van der Waals surface area contributed by atoms with Crippen LogP contribution < -0.4 is 5.32 Å². The van der Waals surface area contributed by atoms with E-state index in [1.54, 1.807) is 7.11 Å². The lowest BCUT2D eigenvalue weighted by Crippen LogP contribution is -2.28. The van der Waals surface area contributed by atoms with Crippen molar-refractivity contribution in [3.8, 4) is 0 Å². The molecule has 0 aromatic carbocycles. The highest BCUT2D eigenvalue weighted by atomic mass is 16.5. The van der Waals surface area contributed by atoms with Gasteiger partial charge in [-0.15, -0.1) is 0 Å². The van der Waals surface area contributed by atoms with E-state index in [1.807, 2.05) is 0 Å². The zero-order valence-electron chi connectivity index (χ0n) is 11.7. The van der Waals surface area contributed by atoms with Gasteiger partial charge in [0, 0.05) is 13.7 Å². The van der Waals surface area contributed by atoms with Gasteiger partial charge in [-0.05, 0) is 25.3 Å². The Morgan fingerprint density at radius 3 is 2.78 bits per heavy atom. The smallest absolute Gasteiger partial charge is 0.234 e. The summed E-state index contributed by atoms with van der Waals surface area (Å²) in [6, 6.07) is 0. The van der Waals surface area contributed by atoms with Crippen LogP contribution in [0.1, 0.15) is 51.4 Å². The van der Waals surface area contributed by atoms with Crippen LogP contribution in [-0.2, 0) is 10.2 Å². The van der Waals surface area contributed by atoms with Gasteiger partial charge in [0.05, 0.1) is 5.41 Å². The molecule has 18 heavy (non-hydrogen) atoms. The highest BCUT2D eigenvalue weighted by Crippen LogP contribution is 2.34. The lowest BCUT2D eigenvalue weighted by Gasteiger charge is -2.21. The number of rotatable bonds is 5. The van der Waals surface area contributed by atoms with E-state index in [1.165, 1.54) is 0 Å². The molecule has 2 atom stereocenters. The summed E-state index contributed by atoms with van der Waals surface area (Å²) in [7, 11) is 1.69. The lowest BCUT2D eigenvalue weighted by molar-refractivity contribution is 0.0555. The SMILES string of the molecule is CCC1(c2nc(C(OC)C(C)C)no2)CCNC1. The van der Waals surface area contributed by atoms with E-state index in [0.717, 1.165) is 31.8 Å². The summed E-state index contributed by atoms with van der Waals surface area (Å²) in [4.78, 5) is 4.58. The summed E-state index contributed by atoms with van der Waals surface area (Å²) in [6.45, 7) is 8.30. The molecule has 5 heteroatoms. The van der Waals surface area contributed by atoms with Crippen LogP contribution in [0.4, 0.5) is 0 Å². The zero-order valence-corrected chi connectivity index (χ0v) is 11.7. The van der Waals surface area contributed by atoms with Crippen LogP contribution in [0.3, 0.4) is 0 Å². The van der Waals surface area contributed by atoms with Crippen molar-refractivity contribution >= 4 is 0 Å². The third kappa shape index (κ3) is 2.29. The molecule has 0 saturated carbocycles. The van der Waals surface area contributed by atoms with Crippen molar-refractivity contribution < 1.29 is 9.26 Å². The van der Waals surface area contributed by atoms with E-state index >= 15 is 0 Å². The second kappa shape index (κ2) is 5.36. The molecule has 1 aliphatic rings. The number of nitrogens with zero attached hydrogens (tertiary/aromatic N) is 2. The number of hydrogen-bond donors (Lipinski definition) is 1. The van der Waals surface area contributed by atoms with E-state index < -0.39 is 0 Å². The Labute approximate surface area is 108 Å². The minimum Gasteiger partial charge on any atom is -0.373 e. The van der Waals surface area contributed by atoms with Crippen LogP contribution in [0, 0.1) is 5.92 Å². The molecule has 0 aliphatic carbocycles. The number of methoxy groups -OCH3 is 1. The quantitative estimate of drug-likeness (QED) is 0.870. The molecule has 0 radical (unpaired) electrons. The first-order chi connectivity index (χ1) is 8.63. The minimum absolute atomic E-state index is 0.0144. The molecule has 0 amide bonds. The minimum atomic E-state index is -0.0919. The molecular weight excluding hydrogens is 230 g/mol. The van der Waals surface area contributed by atoms with Gasteiger partial charge in [-0.3, -0.25) is 0 Å². The van der Waals surface area contributed by atoms with Crippen molar-refractivity contribution in [2.45, 2.75) is 45.1 Å². The largest absolute Gasteiger partial charge is 0.373 e. The summed E-state index contributed by atoms with van der Waals surface area (Å²) in [5.74, 6) is 1.76. The van der Waals surface area contributed by atoms with Crippen molar-refractivity contribution in [3.05, 3.63) is 11.7 Å². The summed E-state index contributed by atoms with van der Waals surface area (Å²) in [5.41, 5.74) is 0.0144. The maximum atomic E-state index is 5.49. The summed E-state index contributed by atoms with van der Waals surface area (Å²) >= 11 is 0. The van der Waals surface area contributed by atoms with Crippen molar-refractivity contribution in [3.63, 3.8) is 0 Å². The molecule has 0 bridgehead atoms. The average Bonchev–Trinajstić information content (AvgIpc) is 2.98. The molecule has 102 valence electrons. The van der Waals surface area contributed by atoms with E-state index in [9.17, 15) is 0 Å². The van der Waals surface area contributed by atoms with E-state index in [-0.39, 0.29) is 11.5 Å². The van der Waals surface area contributed by atoms with Gasteiger partial charge >= 0.3 is 0 Å². The van der Waals surface area contributed by atoms with Crippen LogP contribution >= 0.6 is 0 Å². The van der Waals surface area contributed by atoms with Crippen molar-refractivity contribution in [1.29, 1.82) is 0 Å². The van der Waals surface area contributed by atoms with E-state index in [4.69, 9.17) is 9.26 Å². The topological polar surface area (TPSA) is 60.2 Å². The zero-order chi connectivity index (χ0) is 13.2. The molecule has 5 nitrogen and oxygen atoms in total. The normalized spacial score (nSPS) is 25.8. The molecule has 1 aromatic rings. The fourth-order valence-corrected chi connectivity index (χ4v) is 2.62. The monoisotopic (exact) mass is 253 g/mol. The Morgan fingerprint density at radius 1 is 1.50 bits per heavy atom. The fraction of sp³-hybridized carbons (Fsp3) is 0.846. The van der Waals surface area contributed by atoms with Gasteiger partial charge in [0.1, 0.15) is 6.10 Å². The summed E-state index contributed by atoms with van der Waals surface area (Å²) < 4.78 is 10.9. The first-order valence-corrected chi connectivity index (χ1v) is 6.70. The van der Waals surface area contributed by atoms with Crippen molar-refractivity contribution in [2.24, 2.45) is 5.92 Å². The molecule has 0 spiro atoms. The number of hydrogen-bond acceptors (Lipinski definition) is 5. The second-order valence-corrected chi connectivity index (χ2v) is 5.42. The third-order valence-electron chi connectivity index (χ3n) is 3.93. The molecule has 1 aliphatic heterocycles. The molecule has 2 rings (SSSR count). The van der Waals surface area contributed by atoms with Gasteiger partial charge in [-0.25, -0.2) is 0 Å². The molecule has 1 saturated heterocycles. The highest BCUT2D eigenvalue weighted by Gasteiger charge is 2.39. The fourth-order valence-electron chi connectivity index (χ4n) is 2.62. The van der Waals surface area contributed by atoms with Gasteiger partial charge in [-0.2, -0.15) is 4.98 Å². The predicted molar refractivity (Wildman–Crippen MR) is 68.3 cm³/mol. The van der Waals surface area contributed by atoms with E-state index in [2.05, 4.69) is 36.2 Å². The molecule has 2 heterocycles. The predicted octanol–water partition coefficient (Wildman–Crippen LogP) is 2.05. The van der Waals surface area contributed by atoms with E-state index in [0.29, 0.717) is 11.7 Å². The van der Waals surface area contributed by atoms with Crippen LogP contribution in [0.2, 0.25) is 0 Å².